The Kier molecular flexibility index (Phi) is 6.50. The number of halogens is 1. The van der Waals surface area contributed by atoms with Gasteiger partial charge in [0.25, 0.3) is 5.91 Å². The van der Waals surface area contributed by atoms with Gasteiger partial charge in [-0.3, -0.25) is 9.69 Å². The standard InChI is InChI=1S/C26H28FN7O/c1-3-6-23-30-32-34(31-23)19-10-11-21(22(27)15-19)26(35)33(20-9-5-13-28-16-20)25-24-17(2)7-4-8-18(24)12-14-29-25/h4,7-8,10-12,14-15,20,28H,3,5-6,9,13,16H2,1-2H3/t20-/m1/s1. The molecule has 4 aromatic rings. The summed E-state index contributed by atoms with van der Waals surface area (Å²) in [5, 5.41) is 17.6. The lowest BCUT2D eigenvalue weighted by Crippen LogP contribution is -2.49. The minimum absolute atomic E-state index is 0.0133. The van der Waals surface area contributed by atoms with Crippen molar-refractivity contribution in [2.45, 2.75) is 45.6 Å². The number of carbonyl (C=O) groups is 1. The molecule has 1 saturated heterocycles. The Labute approximate surface area is 203 Å². The van der Waals surface area contributed by atoms with E-state index in [2.05, 4.69) is 25.7 Å². The third-order valence-electron chi connectivity index (χ3n) is 6.41. The zero-order valence-electron chi connectivity index (χ0n) is 19.9. The number of rotatable bonds is 6. The predicted octanol–water partition coefficient (Wildman–Crippen LogP) is 4.01. The molecule has 1 N–H and O–H groups in total. The highest BCUT2D eigenvalue weighted by atomic mass is 19.1. The molecule has 1 aliphatic rings. The summed E-state index contributed by atoms with van der Waals surface area (Å²) in [7, 11) is 0. The number of nitrogens with zero attached hydrogens (tertiary/aromatic N) is 6. The fraction of sp³-hybridized carbons (Fsp3) is 0.346. The van der Waals surface area contributed by atoms with Crippen molar-refractivity contribution in [2.75, 3.05) is 18.0 Å². The number of aryl methyl sites for hydroxylation is 2. The summed E-state index contributed by atoms with van der Waals surface area (Å²) >= 11 is 0. The molecule has 2 aromatic heterocycles. The molecule has 0 saturated carbocycles. The number of aromatic nitrogens is 5. The number of carbonyl (C=O) groups excluding carboxylic acids is 1. The molecule has 1 atom stereocenters. The van der Waals surface area contributed by atoms with Gasteiger partial charge in [0.2, 0.25) is 0 Å². The number of hydrogen-bond donors (Lipinski definition) is 1. The maximum absolute atomic E-state index is 15.4. The molecule has 0 radical (unpaired) electrons. The highest BCUT2D eigenvalue weighted by molar-refractivity contribution is 6.11. The second-order valence-corrected chi connectivity index (χ2v) is 8.89. The van der Waals surface area contributed by atoms with Gasteiger partial charge in [-0.05, 0) is 67.1 Å². The summed E-state index contributed by atoms with van der Waals surface area (Å²) < 4.78 is 15.4. The molecule has 0 unspecified atom stereocenters. The van der Waals surface area contributed by atoms with E-state index < -0.39 is 11.7 Å². The molecule has 35 heavy (non-hydrogen) atoms. The SMILES string of the molecule is CCCc1nnn(-c2ccc(C(=O)N(c3nccc4cccc(C)c34)[C@@H]3CCCNC3)c(F)c2)n1. The van der Waals surface area contributed by atoms with Crippen LogP contribution in [0.3, 0.4) is 0 Å². The number of tetrazole rings is 1. The first kappa shape index (κ1) is 23.0. The Morgan fingerprint density at radius 2 is 2.14 bits per heavy atom. The molecule has 9 heteroatoms. The monoisotopic (exact) mass is 473 g/mol. The van der Waals surface area contributed by atoms with Crippen LogP contribution in [0.2, 0.25) is 0 Å². The number of amides is 1. The van der Waals surface area contributed by atoms with E-state index in [0.29, 0.717) is 30.3 Å². The molecule has 3 heterocycles. The summed E-state index contributed by atoms with van der Waals surface area (Å²) in [4.78, 5) is 21.5. The largest absolute Gasteiger partial charge is 0.315 e. The third kappa shape index (κ3) is 4.51. The third-order valence-corrected chi connectivity index (χ3v) is 6.41. The molecular formula is C26H28FN7O. The minimum atomic E-state index is -0.632. The van der Waals surface area contributed by atoms with E-state index in [1.165, 1.54) is 16.9 Å². The number of piperidine rings is 1. The normalized spacial score (nSPS) is 15.9. The first-order valence-electron chi connectivity index (χ1n) is 12.0. The second kappa shape index (κ2) is 9.87. The summed E-state index contributed by atoms with van der Waals surface area (Å²) in [6.45, 7) is 5.55. The zero-order chi connectivity index (χ0) is 24.4. The van der Waals surface area contributed by atoms with Crippen LogP contribution in [0.15, 0.2) is 48.7 Å². The van der Waals surface area contributed by atoms with Crippen molar-refractivity contribution < 1.29 is 9.18 Å². The van der Waals surface area contributed by atoms with Gasteiger partial charge in [-0.15, -0.1) is 15.0 Å². The van der Waals surface area contributed by atoms with Crippen molar-refractivity contribution in [2.24, 2.45) is 0 Å². The van der Waals surface area contributed by atoms with E-state index in [-0.39, 0.29) is 11.6 Å². The van der Waals surface area contributed by atoms with Crippen molar-refractivity contribution in [3.8, 4) is 5.69 Å². The van der Waals surface area contributed by atoms with Crippen LogP contribution in [-0.2, 0) is 6.42 Å². The lowest BCUT2D eigenvalue weighted by atomic mass is 10.0. The Hall–Kier alpha value is -3.72. The number of anilines is 1. The lowest BCUT2D eigenvalue weighted by molar-refractivity contribution is 0.0968. The summed E-state index contributed by atoms with van der Waals surface area (Å²) in [5.41, 5.74) is 1.42. The highest BCUT2D eigenvalue weighted by Crippen LogP contribution is 2.32. The summed E-state index contributed by atoms with van der Waals surface area (Å²) in [6.07, 6.45) is 5.03. The van der Waals surface area contributed by atoms with Crippen molar-refractivity contribution in [3.63, 3.8) is 0 Å². The van der Waals surface area contributed by atoms with Crippen molar-refractivity contribution in [1.29, 1.82) is 0 Å². The molecule has 1 aliphatic heterocycles. The van der Waals surface area contributed by atoms with Gasteiger partial charge in [0, 0.05) is 30.6 Å². The van der Waals surface area contributed by atoms with Gasteiger partial charge >= 0.3 is 0 Å². The zero-order valence-corrected chi connectivity index (χ0v) is 19.9. The number of pyridine rings is 1. The molecule has 8 nitrogen and oxygen atoms in total. The van der Waals surface area contributed by atoms with Gasteiger partial charge in [0.15, 0.2) is 5.82 Å². The van der Waals surface area contributed by atoms with E-state index in [9.17, 15) is 4.79 Å². The molecule has 0 aliphatic carbocycles. The molecular weight excluding hydrogens is 445 g/mol. The van der Waals surface area contributed by atoms with Gasteiger partial charge in [0.1, 0.15) is 11.6 Å². The quantitative estimate of drug-likeness (QED) is 0.455. The summed E-state index contributed by atoms with van der Waals surface area (Å²) in [6, 6.07) is 12.2. The maximum Gasteiger partial charge on any atom is 0.262 e. The number of fused-ring (bicyclic) bond motifs is 1. The molecule has 5 rings (SSSR count). The van der Waals surface area contributed by atoms with E-state index in [1.807, 2.05) is 38.1 Å². The van der Waals surface area contributed by atoms with Crippen LogP contribution in [-0.4, -0.2) is 50.2 Å². The smallest absolute Gasteiger partial charge is 0.262 e. The number of nitrogens with one attached hydrogen (secondary N) is 1. The van der Waals surface area contributed by atoms with Crippen LogP contribution < -0.4 is 10.2 Å². The Morgan fingerprint density at radius 1 is 1.26 bits per heavy atom. The Morgan fingerprint density at radius 3 is 2.91 bits per heavy atom. The molecule has 180 valence electrons. The van der Waals surface area contributed by atoms with E-state index in [4.69, 9.17) is 0 Å². The predicted molar refractivity (Wildman–Crippen MR) is 132 cm³/mol. The van der Waals surface area contributed by atoms with Gasteiger partial charge in [-0.1, -0.05) is 25.1 Å². The number of hydrogen-bond acceptors (Lipinski definition) is 6. The van der Waals surface area contributed by atoms with Crippen LogP contribution in [0.4, 0.5) is 10.2 Å². The molecule has 1 fully saturated rings. The average Bonchev–Trinajstić information content (AvgIpc) is 3.34. The van der Waals surface area contributed by atoms with Crippen molar-refractivity contribution >= 4 is 22.5 Å². The summed E-state index contributed by atoms with van der Waals surface area (Å²) in [5.74, 6) is 0.114. The Bertz CT molecular complexity index is 1360. The topological polar surface area (TPSA) is 88.8 Å². The maximum atomic E-state index is 15.4. The van der Waals surface area contributed by atoms with Crippen LogP contribution in [0.5, 0.6) is 0 Å². The van der Waals surface area contributed by atoms with Crippen LogP contribution in [0.1, 0.15) is 47.9 Å². The van der Waals surface area contributed by atoms with Crippen LogP contribution >= 0.6 is 0 Å². The first-order chi connectivity index (χ1) is 17.1. The van der Waals surface area contributed by atoms with Crippen LogP contribution in [0, 0.1) is 12.7 Å². The second-order valence-electron chi connectivity index (χ2n) is 8.89. The fourth-order valence-corrected chi connectivity index (χ4v) is 4.67. The molecule has 2 aromatic carbocycles. The molecule has 0 spiro atoms. The Balaban J connectivity index is 1.56. The van der Waals surface area contributed by atoms with E-state index >= 15 is 4.39 Å². The molecule has 1 amide bonds. The van der Waals surface area contributed by atoms with Gasteiger partial charge in [-0.25, -0.2) is 9.37 Å². The number of benzene rings is 2. The lowest BCUT2D eigenvalue weighted by Gasteiger charge is -2.35. The van der Waals surface area contributed by atoms with Crippen molar-refractivity contribution in [3.05, 3.63) is 71.4 Å². The van der Waals surface area contributed by atoms with E-state index in [0.717, 1.165) is 42.1 Å². The fourth-order valence-electron chi connectivity index (χ4n) is 4.67. The molecule has 0 bridgehead atoms. The first-order valence-corrected chi connectivity index (χ1v) is 12.0. The van der Waals surface area contributed by atoms with Gasteiger partial charge < -0.3 is 5.32 Å². The van der Waals surface area contributed by atoms with Crippen LogP contribution in [0.25, 0.3) is 16.5 Å². The van der Waals surface area contributed by atoms with Gasteiger partial charge in [-0.2, -0.15) is 0 Å². The highest BCUT2D eigenvalue weighted by Gasteiger charge is 2.31. The minimum Gasteiger partial charge on any atom is -0.315 e. The average molecular weight is 474 g/mol. The van der Waals surface area contributed by atoms with Crippen molar-refractivity contribution in [1.82, 2.24) is 30.5 Å². The van der Waals surface area contributed by atoms with Gasteiger partial charge in [0.05, 0.1) is 17.3 Å². The van der Waals surface area contributed by atoms with E-state index in [1.54, 1.807) is 17.2 Å².